The van der Waals surface area contributed by atoms with Crippen molar-refractivity contribution in [2.24, 2.45) is 0 Å². The molecule has 0 spiro atoms. The third-order valence-corrected chi connectivity index (χ3v) is 2.58. The molecule has 0 aliphatic carbocycles. The normalized spacial score (nSPS) is 9.79. The molecular weight excluding hydrogens is 270 g/mol. The molecule has 0 radical (unpaired) electrons. The zero-order chi connectivity index (χ0) is 14.4. The Morgan fingerprint density at radius 3 is 2.74 bits per heavy atom. The summed E-state index contributed by atoms with van der Waals surface area (Å²) in [6, 6.07) is 4.29. The van der Waals surface area contributed by atoms with Crippen LogP contribution in [0.25, 0.3) is 0 Å². The van der Waals surface area contributed by atoms with Crippen LogP contribution >= 0.6 is 11.6 Å². The number of carboxylic acids is 1. The van der Waals surface area contributed by atoms with Crippen molar-refractivity contribution in [1.29, 1.82) is 0 Å². The van der Waals surface area contributed by atoms with Gasteiger partial charge in [0, 0.05) is 11.6 Å². The highest BCUT2D eigenvalue weighted by Crippen LogP contribution is 2.25. The second-order valence-corrected chi connectivity index (χ2v) is 4.01. The summed E-state index contributed by atoms with van der Waals surface area (Å²) in [6.45, 7) is 5.49. The average Bonchev–Trinajstić information content (AvgIpc) is 2.38. The predicted octanol–water partition coefficient (Wildman–Crippen LogP) is 3.19. The van der Waals surface area contributed by atoms with Gasteiger partial charge in [-0.3, -0.25) is 4.90 Å². The van der Waals surface area contributed by atoms with Crippen LogP contribution in [0.4, 0.5) is 10.5 Å². The monoisotopic (exact) mass is 283 g/mol. The van der Waals surface area contributed by atoms with Crippen LogP contribution in [0.5, 0.6) is 0 Å². The van der Waals surface area contributed by atoms with E-state index in [1.54, 1.807) is 6.92 Å². The number of hydrogen-bond donors (Lipinski definition) is 1. The van der Waals surface area contributed by atoms with E-state index in [1.165, 1.54) is 29.2 Å². The molecule has 102 valence electrons. The molecule has 6 heteroatoms. The molecule has 0 unspecified atom stereocenters. The molecule has 1 aromatic rings. The van der Waals surface area contributed by atoms with Gasteiger partial charge >= 0.3 is 12.1 Å². The molecule has 0 aromatic heterocycles. The van der Waals surface area contributed by atoms with Gasteiger partial charge in [-0.2, -0.15) is 0 Å². The maximum absolute atomic E-state index is 11.8. The fourth-order valence-corrected chi connectivity index (χ4v) is 1.69. The van der Waals surface area contributed by atoms with E-state index >= 15 is 0 Å². The lowest BCUT2D eigenvalue weighted by atomic mass is 10.1. The predicted molar refractivity (Wildman–Crippen MR) is 73.0 cm³/mol. The van der Waals surface area contributed by atoms with E-state index in [1.807, 2.05) is 0 Å². The lowest BCUT2D eigenvalue weighted by Crippen LogP contribution is -2.32. The highest BCUT2D eigenvalue weighted by atomic mass is 35.5. The number of amides is 1. The molecule has 0 saturated heterocycles. The lowest BCUT2D eigenvalue weighted by molar-refractivity contribution is 0.0697. The molecule has 0 saturated carbocycles. The SMILES string of the molecule is C=CCOC(=O)N(CC)c1ccc(Cl)cc1C(=O)O. The smallest absolute Gasteiger partial charge is 0.414 e. The van der Waals surface area contributed by atoms with Crippen molar-refractivity contribution in [1.82, 2.24) is 0 Å². The zero-order valence-corrected chi connectivity index (χ0v) is 11.2. The van der Waals surface area contributed by atoms with Crippen molar-refractivity contribution in [3.8, 4) is 0 Å². The number of ether oxygens (including phenoxy) is 1. The number of carbonyl (C=O) groups excluding carboxylic acids is 1. The Morgan fingerprint density at radius 1 is 1.53 bits per heavy atom. The first-order valence-electron chi connectivity index (χ1n) is 5.59. The summed E-state index contributed by atoms with van der Waals surface area (Å²) in [5, 5.41) is 9.43. The highest BCUT2D eigenvalue weighted by molar-refractivity contribution is 6.31. The molecule has 0 aliphatic heterocycles. The van der Waals surface area contributed by atoms with Crippen LogP contribution in [0.3, 0.4) is 0 Å². The Hall–Kier alpha value is -2.01. The molecule has 0 fully saturated rings. The van der Waals surface area contributed by atoms with Gasteiger partial charge in [0.25, 0.3) is 0 Å². The molecular formula is C13H14ClNO4. The standard InChI is InChI=1S/C13H14ClNO4/c1-3-7-19-13(18)15(4-2)11-6-5-9(14)8-10(11)12(16)17/h3,5-6,8H,1,4,7H2,2H3,(H,16,17). The largest absolute Gasteiger partial charge is 0.478 e. The number of nitrogens with zero attached hydrogens (tertiary/aromatic N) is 1. The van der Waals surface area contributed by atoms with Crippen LogP contribution in [0.1, 0.15) is 17.3 Å². The number of hydrogen-bond acceptors (Lipinski definition) is 3. The van der Waals surface area contributed by atoms with Crippen molar-refractivity contribution in [2.75, 3.05) is 18.1 Å². The number of anilines is 1. The minimum Gasteiger partial charge on any atom is -0.478 e. The van der Waals surface area contributed by atoms with E-state index < -0.39 is 12.1 Å². The fourth-order valence-electron chi connectivity index (χ4n) is 1.52. The number of carboxylic acid groups (broad SMARTS) is 1. The molecule has 1 amide bonds. The first-order chi connectivity index (χ1) is 9.01. The van der Waals surface area contributed by atoms with Crippen LogP contribution in [-0.2, 0) is 4.74 Å². The molecule has 5 nitrogen and oxygen atoms in total. The third kappa shape index (κ3) is 3.72. The molecule has 1 rings (SSSR count). The Labute approximate surface area is 116 Å². The van der Waals surface area contributed by atoms with Gasteiger partial charge in [-0.1, -0.05) is 24.3 Å². The molecule has 0 aliphatic rings. The maximum atomic E-state index is 11.8. The number of carbonyl (C=O) groups is 2. The van der Waals surface area contributed by atoms with E-state index in [4.69, 9.17) is 21.4 Å². The fraction of sp³-hybridized carbons (Fsp3) is 0.231. The van der Waals surface area contributed by atoms with E-state index in [-0.39, 0.29) is 29.4 Å². The van der Waals surface area contributed by atoms with Crippen molar-refractivity contribution in [3.63, 3.8) is 0 Å². The van der Waals surface area contributed by atoms with Gasteiger partial charge in [-0.25, -0.2) is 9.59 Å². The van der Waals surface area contributed by atoms with Gasteiger partial charge in [0.1, 0.15) is 6.61 Å². The summed E-state index contributed by atoms with van der Waals surface area (Å²) < 4.78 is 4.91. The summed E-state index contributed by atoms with van der Waals surface area (Å²) in [6.07, 6.45) is 0.804. The number of aromatic carboxylic acids is 1. The zero-order valence-electron chi connectivity index (χ0n) is 10.4. The molecule has 1 aromatic carbocycles. The quantitative estimate of drug-likeness (QED) is 0.843. The number of halogens is 1. The Balaban J connectivity index is 3.14. The topological polar surface area (TPSA) is 66.8 Å². The molecule has 1 N–H and O–H groups in total. The van der Waals surface area contributed by atoms with E-state index in [2.05, 4.69) is 6.58 Å². The number of rotatable bonds is 5. The van der Waals surface area contributed by atoms with Crippen molar-refractivity contribution in [2.45, 2.75) is 6.92 Å². The Kier molecular flexibility index (Phi) is 5.38. The second-order valence-electron chi connectivity index (χ2n) is 3.58. The van der Waals surface area contributed by atoms with Crippen LogP contribution in [-0.4, -0.2) is 30.3 Å². The molecule has 0 heterocycles. The Bertz CT molecular complexity index is 501. The second kappa shape index (κ2) is 6.80. The summed E-state index contributed by atoms with van der Waals surface area (Å²) in [7, 11) is 0. The van der Waals surface area contributed by atoms with Crippen LogP contribution in [0.15, 0.2) is 30.9 Å². The maximum Gasteiger partial charge on any atom is 0.414 e. The minimum atomic E-state index is -1.16. The highest BCUT2D eigenvalue weighted by Gasteiger charge is 2.21. The van der Waals surface area contributed by atoms with Gasteiger partial charge in [0.05, 0.1) is 11.3 Å². The summed E-state index contributed by atoms with van der Waals surface area (Å²) >= 11 is 5.76. The minimum absolute atomic E-state index is 0.0510. The van der Waals surface area contributed by atoms with Crippen molar-refractivity contribution < 1.29 is 19.4 Å². The average molecular weight is 284 g/mol. The van der Waals surface area contributed by atoms with Crippen LogP contribution < -0.4 is 4.90 Å². The van der Waals surface area contributed by atoms with Crippen LogP contribution in [0.2, 0.25) is 5.02 Å². The van der Waals surface area contributed by atoms with Gasteiger partial charge in [0.15, 0.2) is 0 Å². The van der Waals surface area contributed by atoms with E-state index in [0.29, 0.717) is 0 Å². The van der Waals surface area contributed by atoms with Gasteiger partial charge in [-0.15, -0.1) is 0 Å². The summed E-state index contributed by atoms with van der Waals surface area (Å²) in [5.74, 6) is -1.16. The summed E-state index contributed by atoms with van der Waals surface area (Å²) in [4.78, 5) is 24.2. The van der Waals surface area contributed by atoms with E-state index in [9.17, 15) is 9.59 Å². The van der Waals surface area contributed by atoms with Gasteiger partial charge < -0.3 is 9.84 Å². The van der Waals surface area contributed by atoms with Gasteiger partial charge in [0.2, 0.25) is 0 Å². The lowest BCUT2D eigenvalue weighted by Gasteiger charge is -2.21. The third-order valence-electron chi connectivity index (χ3n) is 2.34. The first kappa shape index (κ1) is 15.0. The van der Waals surface area contributed by atoms with Crippen molar-refractivity contribution in [3.05, 3.63) is 41.4 Å². The molecule has 0 atom stereocenters. The van der Waals surface area contributed by atoms with Crippen molar-refractivity contribution >= 4 is 29.4 Å². The Morgan fingerprint density at radius 2 is 2.21 bits per heavy atom. The van der Waals surface area contributed by atoms with Crippen LogP contribution in [0, 0.1) is 0 Å². The summed E-state index contributed by atoms with van der Waals surface area (Å²) in [5.41, 5.74) is 0.193. The van der Waals surface area contributed by atoms with E-state index in [0.717, 1.165) is 0 Å². The molecule has 0 bridgehead atoms. The van der Waals surface area contributed by atoms with Gasteiger partial charge in [-0.05, 0) is 25.1 Å². The number of benzene rings is 1. The first-order valence-corrected chi connectivity index (χ1v) is 5.97. The molecule has 19 heavy (non-hydrogen) atoms.